The van der Waals surface area contributed by atoms with E-state index in [0.29, 0.717) is 26.4 Å². The van der Waals surface area contributed by atoms with Gasteiger partial charge in [-0.2, -0.15) is 0 Å². The van der Waals surface area contributed by atoms with Crippen LogP contribution in [0.2, 0.25) is 0 Å². The van der Waals surface area contributed by atoms with E-state index in [0.717, 1.165) is 48.2 Å². The van der Waals surface area contributed by atoms with Gasteiger partial charge in [-0.15, -0.1) is 11.3 Å². The summed E-state index contributed by atoms with van der Waals surface area (Å²) in [5, 5.41) is 7.87. The first kappa shape index (κ1) is 23.2. The van der Waals surface area contributed by atoms with E-state index in [-0.39, 0.29) is 0 Å². The molecule has 2 aromatic rings. The van der Waals surface area contributed by atoms with Crippen LogP contribution in [-0.4, -0.2) is 43.9 Å². The molecule has 2 N–H and O–H groups in total. The zero-order valence-corrected chi connectivity index (χ0v) is 18.9. The van der Waals surface area contributed by atoms with Gasteiger partial charge < -0.3 is 20.1 Å². The summed E-state index contributed by atoms with van der Waals surface area (Å²) in [5.74, 6) is 1.68. The van der Waals surface area contributed by atoms with Crippen molar-refractivity contribution >= 4 is 17.3 Å². The molecule has 0 amide bonds. The fourth-order valence-electron chi connectivity index (χ4n) is 2.70. The zero-order chi connectivity index (χ0) is 20.9. The molecule has 0 unspecified atom stereocenters. The van der Waals surface area contributed by atoms with E-state index in [1.54, 1.807) is 11.3 Å². The van der Waals surface area contributed by atoms with Crippen LogP contribution in [0.5, 0.6) is 5.75 Å². The van der Waals surface area contributed by atoms with Crippen LogP contribution in [0, 0.1) is 6.92 Å². The van der Waals surface area contributed by atoms with E-state index in [1.807, 2.05) is 13.1 Å². The van der Waals surface area contributed by atoms with Crippen LogP contribution in [0.15, 0.2) is 29.4 Å². The van der Waals surface area contributed by atoms with Crippen LogP contribution < -0.4 is 15.4 Å². The van der Waals surface area contributed by atoms with Crippen molar-refractivity contribution in [3.63, 3.8) is 0 Å². The van der Waals surface area contributed by atoms with Crippen molar-refractivity contribution in [3.8, 4) is 5.75 Å². The van der Waals surface area contributed by atoms with Gasteiger partial charge in [0.15, 0.2) is 5.96 Å². The minimum atomic E-state index is 0.542. The molecule has 0 aliphatic rings. The number of hydrogen-bond acceptors (Lipinski definition) is 5. The van der Waals surface area contributed by atoms with E-state index in [4.69, 9.17) is 14.5 Å². The molecule has 0 bridgehead atoms. The monoisotopic (exact) mass is 418 g/mol. The van der Waals surface area contributed by atoms with Crippen LogP contribution in [0.25, 0.3) is 0 Å². The van der Waals surface area contributed by atoms with Gasteiger partial charge in [0, 0.05) is 42.8 Å². The molecule has 29 heavy (non-hydrogen) atoms. The van der Waals surface area contributed by atoms with Crippen molar-refractivity contribution in [3.05, 3.63) is 45.4 Å². The third-order valence-electron chi connectivity index (χ3n) is 4.24. The summed E-state index contributed by atoms with van der Waals surface area (Å²) in [6.45, 7) is 12.3. The van der Waals surface area contributed by atoms with Gasteiger partial charge in [0.1, 0.15) is 12.4 Å². The summed E-state index contributed by atoms with van der Waals surface area (Å²) < 4.78 is 11.3. The Morgan fingerprint density at radius 3 is 2.76 bits per heavy atom. The Morgan fingerprint density at radius 1 is 1.17 bits per heavy atom. The maximum atomic E-state index is 5.92. The number of benzene rings is 1. The molecule has 160 valence electrons. The Labute approximate surface area is 178 Å². The molecule has 7 heteroatoms. The minimum Gasteiger partial charge on any atom is -0.491 e. The molecule has 1 heterocycles. The average molecular weight is 419 g/mol. The summed E-state index contributed by atoms with van der Waals surface area (Å²) in [7, 11) is 0. The number of nitrogens with one attached hydrogen (secondary N) is 2. The Morgan fingerprint density at radius 2 is 2.03 bits per heavy atom. The average Bonchev–Trinajstić information content (AvgIpc) is 3.18. The molecule has 0 aliphatic carbocycles. The number of guanidine groups is 1. The molecule has 0 radical (unpaired) electrons. The molecule has 0 saturated heterocycles. The maximum absolute atomic E-state index is 5.92. The highest BCUT2D eigenvalue weighted by molar-refractivity contribution is 7.11. The van der Waals surface area contributed by atoms with E-state index in [1.165, 1.54) is 10.4 Å². The van der Waals surface area contributed by atoms with Gasteiger partial charge in [0.2, 0.25) is 0 Å². The number of aliphatic imine (C=N–C) groups is 1. The summed E-state index contributed by atoms with van der Waals surface area (Å²) >= 11 is 1.78. The van der Waals surface area contributed by atoms with Crippen molar-refractivity contribution in [2.45, 2.75) is 47.1 Å². The van der Waals surface area contributed by atoms with Gasteiger partial charge in [-0.3, -0.25) is 0 Å². The fraction of sp³-hybridized carbons (Fsp3) is 0.545. The molecule has 0 fully saturated rings. The molecule has 0 atom stereocenters. The largest absolute Gasteiger partial charge is 0.491 e. The van der Waals surface area contributed by atoms with Crippen LogP contribution in [0.1, 0.15) is 41.8 Å². The predicted molar refractivity (Wildman–Crippen MR) is 121 cm³/mol. The molecule has 6 nitrogen and oxygen atoms in total. The van der Waals surface area contributed by atoms with Gasteiger partial charge in [-0.1, -0.05) is 19.1 Å². The number of nitrogens with zero attached hydrogens (tertiary/aromatic N) is 2. The SMILES string of the molecule is CCNC(=NCc1ccc(C)cc1OCCOCC)NCCc1ncc(CC)s1. The summed E-state index contributed by atoms with van der Waals surface area (Å²) in [6.07, 6.45) is 3.91. The van der Waals surface area contributed by atoms with E-state index < -0.39 is 0 Å². The highest BCUT2D eigenvalue weighted by Gasteiger charge is 2.06. The van der Waals surface area contributed by atoms with Crippen molar-refractivity contribution in [2.75, 3.05) is 32.9 Å². The zero-order valence-electron chi connectivity index (χ0n) is 18.1. The second-order valence-electron chi connectivity index (χ2n) is 6.60. The lowest BCUT2D eigenvalue weighted by Gasteiger charge is -2.13. The number of hydrogen-bond donors (Lipinski definition) is 2. The van der Waals surface area contributed by atoms with Crippen molar-refractivity contribution in [1.29, 1.82) is 0 Å². The minimum absolute atomic E-state index is 0.542. The van der Waals surface area contributed by atoms with Gasteiger partial charge >= 0.3 is 0 Å². The van der Waals surface area contributed by atoms with Gasteiger partial charge in [-0.05, 0) is 38.8 Å². The second-order valence-corrected chi connectivity index (χ2v) is 7.80. The fourth-order valence-corrected chi connectivity index (χ4v) is 3.56. The predicted octanol–water partition coefficient (Wildman–Crippen LogP) is 3.73. The van der Waals surface area contributed by atoms with Crippen molar-refractivity contribution in [1.82, 2.24) is 15.6 Å². The first-order chi connectivity index (χ1) is 14.2. The number of aromatic nitrogens is 1. The molecule has 0 saturated carbocycles. The van der Waals surface area contributed by atoms with E-state index in [2.05, 4.69) is 54.6 Å². The highest BCUT2D eigenvalue weighted by Crippen LogP contribution is 2.21. The summed E-state index contributed by atoms with van der Waals surface area (Å²) in [5.41, 5.74) is 2.24. The number of rotatable bonds is 12. The van der Waals surface area contributed by atoms with Crippen molar-refractivity contribution < 1.29 is 9.47 Å². The normalized spacial score (nSPS) is 11.5. The molecule has 1 aromatic carbocycles. The standard InChI is InChI=1S/C22H34N4O2S/c1-5-19-16-25-21(29-19)10-11-24-22(23-6-2)26-15-18-9-8-17(4)14-20(18)28-13-12-27-7-3/h8-9,14,16H,5-7,10-13,15H2,1-4H3,(H2,23,24,26). The van der Waals surface area contributed by atoms with E-state index >= 15 is 0 Å². The van der Waals surface area contributed by atoms with Crippen LogP contribution >= 0.6 is 11.3 Å². The second kappa shape index (κ2) is 13.2. The Bertz CT molecular complexity index is 761. The summed E-state index contributed by atoms with van der Waals surface area (Å²) in [4.78, 5) is 10.5. The lowest BCUT2D eigenvalue weighted by molar-refractivity contribution is 0.110. The third-order valence-corrected chi connectivity index (χ3v) is 5.45. The molecule has 1 aromatic heterocycles. The molecule has 0 aliphatic heterocycles. The lowest BCUT2D eigenvalue weighted by atomic mass is 10.1. The smallest absolute Gasteiger partial charge is 0.191 e. The molecular weight excluding hydrogens is 384 g/mol. The van der Waals surface area contributed by atoms with Gasteiger partial charge in [0.25, 0.3) is 0 Å². The molecule has 2 rings (SSSR count). The summed E-state index contributed by atoms with van der Waals surface area (Å²) in [6, 6.07) is 6.24. The number of thiazole rings is 1. The lowest BCUT2D eigenvalue weighted by Crippen LogP contribution is -2.38. The quantitative estimate of drug-likeness (QED) is 0.312. The first-order valence-electron chi connectivity index (χ1n) is 10.4. The van der Waals surface area contributed by atoms with Crippen LogP contribution in [0.4, 0.5) is 0 Å². The topological polar surface area (TPSA) is 67.8 Å². The van der Waals surface area contributed by atoms with Crippen LogP contribution in [-0.2, 0) is 24.1 Å². The van der Waals surface area contributed by atoms with Crippen molar-refractivity contribution in [2.24, 2.45) is 4.99 Å². The van der Waals surface area contributed by atoms with Gasteiger partial charge in [0.05, 0.1) is 18.2 Å². The van der Waals surface area contributed by atoms with Crippen LogP contribution in [0.3, 0.4) is 0 Å². The molecular formula is C22H34N4O2S. The number of aryl methyl sites for hydroxylation is 2. The number of ether oxygens (including phenoxy) is 2. The maximum Gasteiger partial charge on any atom is 0.191 e. The Balaban J connectivity index is 1.94. The Kier molecular flexibility index (Phi) is 10.5. The first-order valence-corrected chi connectivity index (χ1v) is 11.2. The van der Waals surface area contributed by atoms with Gasteiger partial charge in [-0.25, -0.2) is 9.98 Å². The third kappa shape index (κ3) is 8.41. The molecule has 0 spiro atoms. The Hall–Kier alpha value is -2.12. The highest BCUT2D eigenvalue weighted by atomic mass is 32.1. The van der Waals surface area contributed by atoms with E-state index in [9.17, 15) is 0 Å².